The number of benzene rings is 1. The number of amides is 1. The highest BCUT2D eigenvalue weighted by molar-refractivity contribution is 6.42. The molecule has 1 amide bonds. The SMILES string of the molecule is O=NC1=C(O)C(=Cc2cccc(Cl)c2Cl)NC1=O. The molecule has 1 aliphatic heterocycles. The van der Waals surface area contributed by atoms with Crippen LogP contribution in [0.5, 0.6) is 0 Å². The lowest BCUT2D eigenvalue weighted by Gasteiger charge is -2.03. The fourth-order valence-corrected chi connectivity index (χ4v) is 1.81. The Morgan fingerprint density at radius 3 is 2.67 bits per heavy atom. The van der Waals surface area contributed by atoms with Crippen LogP contribution in [0.25, 0.3) is 6.08 Å². The van der Waals surface area contributed by atoms with E-state index in [1.807, 2.05) is 0 Å². The van der Waals surface area contributed by atoms with Crippen LogP contribution in [0.1, 0.15) is 5.56 Å². The molecule has 0 spiro atoms. The summed E-state index contributed by atoms with van der Waals surface area (Å²) in [6, 6.07) is 4.91. The quantitative estimate of drug-likeness (QED) is 0.820. The number of hydrogen-bond donors (Lipinski definition) is 2. The van der Waals surface area contributed by atoms with Crippen molar-refractivity contribution < 1.29 is 9.90 Å². The topological polar surface area (TPSA) is 78.8 Å². The molecular formula is C11H6Cl2N2O3. The molecule has 0 aromatic heterocycles. The van der Waals surface area contributed by atoms with Crippen molar-refractivity contribution in [2.75, 3.05) is 0 Å². The molecule has 0 aliphatic carbocycles. The van der Waals surface area contributed by atoms with Gasteiger partial charge in [-0.15, -0.1) is 4.91 Å². The van der Waals surface area contributed by atoms with Crippen molar-refractivity contribution in [3.8, 4) is 0 Å². The first-order chi connectivity index (χ1) is 8.54. The van der Waals surface area contributed by atoms with Gasteiger partial charge in [-0.25, -0.2) is 0 Å². The van der Waals surface area contributed by atoms with Gasteiger partial charge in [0.2, 0.25) is 5.70 Å². The van der Waals surface area contributed by atoms with Crippen LogP contribution in [-0.2, 0) is 4.79 Å². The van der Waals surface area contributed by atoms with Crippen molar-refractivity contribution in [3.05, 3.63) is 55.9 Å². The summed E-state index contributed by atoms with van der Waals surface area (Å²) in [5.41, 5.74) is -0.00340. The van der Waals surface area contributed by atoms with E-state index in [2.05, 4.69) is 10.5 Å². The number of hydrogen-bond acceptors (Lipinski definition) is 4. The molecule has 18 heavy (non-hydrogen) atoms. The smallest absolute Gasteiger partial charge is 0.281 e. The largest absolute Gasteiger partial charge is 0.504 e. The minimum atomic E-state index is -0.757. The second-order valence-electron chi connectivity index (χ2n) is 3.44. The van der Waals surface area contributed by atoms with Crippen LogP contribution in [0.15, 0.2) is 40.5 Å². The van der Waals surface area contributed by atoms with Crippen molar-refractivity contribution in [1.82, 2.24) is 5.32 Å². The summed E-state index contributed by atoms with van der Waals surface area (Å²) in [6.45, 7) is 0. The molecule has 7 heteroatoms. The number of halogens is 2. The van der Waals surface area contributed by atoms with Crippen LogP contribution in [0.3, 0.4) is 0 Å². The summed E-state index contributed by atoms with van der Waals surface area (Å²) in [6.07, 6.45) is 1.40. The van der Waals surface area contributed by atoms with E-state index in [1.165, 1.54) is 6.08 Å². The third kappa shape index (κ3) is 2.10. The van der Waals surface area contributed by atoms with E-state index in [-0.39, 0.29) is 10.7 Å². The van der Waals surface area contributed by atoms with Gasteiger partial charge in [0, 0.05) is 0 Å². The number of carbonyl (C=O) groups is 1. The lowest BCUT2D eigenvalue weighted by atomic mass is 10.2. The monoisotopic (exact) mass is 284 g/mol. The van der Waals surface area contributed by atoms with Crippen LogP contribution in [0.2, 0.25) is 10.0 Å². The Bertz CT molecular complexity index is 608. The van der Waals surface area contributed by atoms with Crippen molar-refractivity contribution in [1.29, 1.82) is 0 Å². The van der Waals surface area contributed by atoms with Gasteiger partial charge in [-0.1, -0.05) is 35.3 Å². The number of rotatable bonds is 2. The highest BCUT2D eigenvalue weighted by Crippen LogP contribution is 2.29. The van der Waals surface area contributed by atoms with E-state index in [0.717, 1.165) is 0 Å². The fraction of sp³-hybridized carbons (Fsp3) is 0. The Morgan fingerprint density at radius 1 is 1.33 bits per heavy atom. The first-order valence-corrected chi connectivity index (χ1v) is 5.54. The van der Waals surface area contributed by atoms with Crippen molar-refractivity contribution in [2.24, 2.45) is 5.18 Å². The molecule has 2 N–H and O–H groups in total. The number of nitrogens with zero attached hydrogens (tertiary/aromatic N) is 1. The second-order valence-corrected chi connectivity index (χ2v) is 4.23. The maximum absolute atomic E-state index is 11.2. The normalized spacial score (nSPS) is 17.2. The van der Waals surface area contributed by atoms with Crippen molar-refractivity contribution >= 4 is 35.2 Å². The summed E-state index contributed by atoms with van der Waals surface area (Å²) < 4.78 is 0. The Labute approximate surface area is 112 Å². The molecule has 0 fully saturated rings. The maximum atomic E-state index is 11.2. The average Bonchev–Trinajstić information content (AvgIpc) is 2.60. The van der Waals surface area contributed by atoms with Crippen LogP contribution < -0.4 is 5.32 Å². The summed E-state index contributed by atoms with van der Waals surface area (Å²) in [5.74, 6) is -1.27. The van der Waals surface area contributed by atoms with Gasteiger partial charge in [-0.2, -0.15) is 0 Å². The highest BCUT2D eigenvalue weighted by atomic mass is 35.5. The molecule has 1 aliphatic rings. The molecular weight excluding hydrogens is 279 g/mol. The van der Waals surface area contributed by atoms with E-state index >= 15 is 0 Å². The Balaban J connectivity index is 2.48. The molecule has 2 rings (SSSR count). The lowest BCUT2D eigenvalue weighted by Crippen LogP contribution is -2.15. The predicted molar refractivity (Wildman–Crippen MR) is 68.0 cm³/mol. The zero-order valence-electron chi connectivity index (χ0n) is 8.78. The van der Waals surface area contributed by atoms with E-state index in [1.54, 1.807) is 18.2 Å². The van der Waals surface area contributed by atoms with Gasteiger partial charge in [-0.05, 0) is 22.9 Å². The summed E-state index contributed by atoms with van der Waals surface area (Å²) >= 11 is 11.8. The minimum Gasteiger partial charge on any atom is -0.504 e. The van der Waals surface area contributed by atoms with Gasteiger partial charge in [0.1, 0.15) is 0 Å². The molecule has 0 saturated heterocycles. The second kappa shape index (κ2) is 4.80. The third-order valence-corrected chi connectivity index (χ3v) is 3.15. The number of nitrogens with one attached hydrogen (secondary N) is 1. The predicted octanol–water partition coefficient (Wildman–Crippen LogP) is 3.00. The molecule has 5 nitrogen and oxygen atoms in total. The molecule has 0 saturated carbocycles. The summed E-state index contributed by atoms with van der Waals surface area (Å²) in [4.78, 5) is 21.6. The summed E-state index contributed by atoms with van der Waals surface area (Å²) in [5, 5.41) is 15.0. The first kappa shape index (κ1) is 12.6. The lowest BCUT2D eigenvalue weighted by molar-refractivity contribution is -0.116. The van der Waals surface area contributed by atoms with Crippen LogP contribution in [-0.4, -0.2) is 11.0 Å². The van der Waals surface area contributed by atoms with Gasteiger partial charge in [-0.3, -0.25) is 4.79 Å². The zero-order chi connectivity index (χ0) is 13.3. The van der Waals surface area contributed by atoms with Crippen molar-refractivity contribution in [3.63, 3.8) is 0 Å². The molecule has 1 aromatic rings. The Hall–Kier alpha value is -1.85. The van der Waals surface area contributed by atoms with E-state index in [0.29, 0.717) is 10.6 Å². The van der Waals surface area contributed by atoms with Crippen LogP contribution in [0.4, 0.5) is 0 Å². The van der Waals surface area contributed by atoms with Crippen molar-refractivity contribution in [2.45, 2.75) is 0 Å². The molecule has 0 bridgehead atoms. The Kier molecular flexibility index (Phi) is 3.36. The van der Waals surface area contributed by atoms with E-state index in [4.69, 9.17) is 23.2 Å². The third-order valence-electron chi connectivity index (χ3n) is 2.32. The number of carbonyl (C=O) groups excluding carboxylic acids is 1. The molecule has 0 atom stereocenters. The van der Waals surface area contributed by atoms with Crippen LogP contribution in [0, 0.1) is 4.91 Å². The summed E-state index contributed by atoms with van der Waals surface area (Å²) in [7, 11) is 0. The van der Waals surface area contributed by atoms with Gasteiger partial charge in [0.05, 0.1) is 15.7 Å². The number of nitroso groups, excluding NO2 is 1. The fourth-order valence-electron chi connectivity index (χ4n) is 1.45. The number of aliphatic hydroxyl groups is 1. The Morgan fingerprint density at radius 2 is 2.06 bits per heavy atom. The molecule has 0 unspecified atom stereocenters. The van der Waals surface area contributed by atoms with Crippen LogP contribution >= 0.6 is 23.2 Å². The number of aliphatic hydroxyl groups excluding tert-OH is 1. The molecule has 92 valence electrons. The first-order valence-electron chi connectivity index (χ1n) is 4.78. The highest BCUT2D eigenvalue weighted by Gasteiger charge is 2.28. The minimum absolute atomic E-state index is 0.0544. The van der Waals surface area contributed by atoms with Gasteiger partial charge in [0.15, 0.2) is 5.76 Å². The van der Waals surface area contributed by atoms with Gasteiger partial charge >= 0.3 is 0 Å². The molecule has 0 radical (unpaired) electrons. The van der Waals surface area contributed by atoms with Gasteiger partial charge < -0.3 is 10.4 Å². The van der Waals surface area contributed by atoms with E-state index in [9.17, 15) is 14.8 Å². The zero-order valence-corrected chi connectivity index (χ0v) is 10.3. The average molecular weight is 285 g/mol. The molecule has 1 aromatic carbocycles. The molecule has 1 heterocycles. The van der Waals surface area contributed by atoms with Gasteiger partial charge in [0.25, 0.3) is 5.91 Å². The maximum Gasteiger partial charge on any atom is 0.281 e. The van der Waals surface area contributed by atoms with E-state index < -0.39 is 17.4 Å². The standard InChI is InChI=1S/C11H6Cl2N2O3/c12-6-3-1-2-5(8(6)13)4-7-10(16)9(15-18)11(17)14-7/h1-4,16H,(H,14,17).